The van der Waals surface area contributed by atoms with Gasteiger partial charge in [0.1, 0.15) is 5.82 Å². The summed E-state index contributed by atoms with van der Waals surface area (Å²) in [7, 11) is 1.75. The number of morpholine rings is 1. The van der Waals surface area contributed by atoms with Gasteiger partial charge in [-0.15, -0.1) is 12.4 Å². The second-order valence-electron chi connectivity index (χ2n) is 8.00. The van der Waals surface area contributed by atoms with E-state index < -0.39 is 0 Å². The van der Waals surface area contributed by atoms with Gasteiger partial charge in [-0.1, -0.05) is 29.8 Å². The van der Waals surface area contributed by atoms with Gasteiger partial charge in [-0.3, -0.25) is 4.90 Å². The van der Waals surface area contributed by atoms with Crippen LogP contribution in [0.1, 0.15) is 18.4 Å². The van der Waals surface area contributed by atoms with E-state index in [0.29, 0.717) is 18.7 Å². The van der Waals surface area contributed by atoms with E-state index in [1.54, 1.807) is 7.11 Å². The molecule has 0 radical (unpaired) electrons. The highest BCUT2D eigenvalue weighted by Crippen LogP contribution is 2.27. The van der Waals surface area contributed by atoms with Crippen LogP contribution < -0.4 is 4.90 Å². The van der Waals surface area contributed by atoms with Crippen LogP contribution in [-0.4, -0.2) is 68.0 Å². The molecule has 7 heteroatoms. The molecule has 0 unspecified atom stereocenters. The van der Waals surface area contributed by atoms with Crippen LogP contribution in [0.2, 0.25) is 5.02 Å². The molecular weight excluding hydrogens is 421 g/mol. The number of benzene rings is 1. The number of nitrogens with zero attached hydrogens (tertiary/aromatic N) is 3. The summed E-state index contributed by atoms with van der Waals surface area (Å²) in [5.41, 5.74) is 1.31. The average molecular weight is 452 g/mol. The summed E-state index contributed by atoms with van der Waals surface area (Å²) >= 11 is 6.06. The number of rotatable bonds is 6. The maximum atomic E-state index is 6.13. The molecular formula is C23H31Cl2N3O2. The molecule has 0 spiro atoms. The normalized spacial score (nSPS) is 23.2. The SMILES string of the molecule is COC[C@H]1CN(C2CCN(c3ccccn3)CC2)[C@@H](Cc2ccc(Cl)cc2)CO1.Cl. The van der Waals surface area contributed by atoms with Gasteiger partial charge in [-0.05, 0) is 49.1 Å². The number of anilines is 1. The van der Waals surface area contributed by atoms with E-state index >= 15 is 0 Å². The van der Waals surface area contributed by atoms with Gasteiger partial charge in [-0.25, -0.2) is 4.98 Å². The maximum absolute atomic E-state index is 6.13. The summed E-state index contributed by atoms with van der Waals surface area (Å²) in [6.45, 7) is 4.41. The van der Waals surface area contributed by atoms with Crippen LogP contribution in [0.4, 0.5) is 5.82 Å². The number of ether oxygens (including phenoxy) is 2. The monoisotopic (exact) mass is 451 g/mol. The zero-order valence-electron chi connectivity index (χ0n) is 17.5. The number of aromatic nitrogens is 1. The van der Waals surface area contributed by atoms with Crippen LogP contribution in [0.25, 0.3) is 0 Å². The molecule has 0 amide bonds. The summed E-state index contributed by atoms with van der Waals surface area (Å²) in [4.78, 5) is 9.60. The van der Waals surface area contributed by atoms with E-state index in [4.69, 9.17) is 21.1 Å². The van der Waals surface area contributed by atoms with Crippen LogP contribution in [0.15, 0.2) is 48.7 Å². The number of hydrogen-bond acceptors (Lipinski definition) is 5. The van der Waals surface area contributed by atoms with Crippen molar-refractivity contribution in [1.82, 2.24) is 9.88 Å². The highest BCUT2D eigenvalue weighted by atomic mass is 35.5. The minimum absolute atomic E-state index is 0. The molecule has 30 heavy (non-hydrogen) atoms. The van der Waals surface area contributed by atoms with Crippen molar-refractivity contribution in [2.45, 2.75) is 37.5 Å². The van der Waals surface area contributed by atoms with E-state index in [1.165, 1.54) is 5.56 Å². The van der Waals surface area contributed by atoms with Crippen molar-refractivity contribution < 1.29 is 9.47 Å². The predicted molar refractivity (Wildman–Crippen MR) is 124 cm³/mol. The van der Waals surface area contributed by atoms with Gasteiger partial charge in [0.25, 0.3) is 0 Å². The largest absolute Gasteiger partial charge is 0.382 e. The van der Waals surface area contributed by atoms with E-state index in [9.17, 15) is 0 Å². The third-order valence-electron chi connectivity index (χ3n) is 6.05. The van der Waals surface area contributed by atoms with E-state index in [0.717, 1.165) is 56.3 Å². The van der Waals surface area contributed by atoms with Crippen molar-refractivity contribution in [3.63, 3.8) is 0 Å². The Labute approximate surface area is 190 Å². The van der Waals surface area contributed by atoms with Gasteiger partial charge in [0.05, 0.1) is 19.3 Å². The first-order valence-corrected chi connectivity index (χ1v) is 10.9. The van der Waals surface area contributed by atoms with Crippen molar-refractivity contribution in [3.05, 3.63) is 59.2 Å². The molecule has 0 bridgehead atoms. The first kappa shape index (κ1) is 23.3. The molecule has 1 aromatic carbocycles. The lowest BCUT2D eigenvalue weighted by molar-refractivity contribution is -0.103. The molecule has 2 aromatic rings. The molecule has 0 N–H and O–H groups in total. The zero-order chi connectivity index (χ0) is 20.1. The molecule has 0 aliphatic carbocycles. The first-order chi connectivity index (χ1) is 14.2. The highest BCUT2D eigenvalue weighted by molar-refractivity contribution is 6.30. The lowest BCUT2D eigenvalue weighted by Gasteiger charge is -2.47. The zero-order valence-corrected chi connectivity index (χ0v) is 19.0. The summed E-state index contributed by atoms with van der Waals surface area (Å²) in [6, 6.07) is 15.3. The molecule has 2 atom stereocenters. The van der Waals surface area contributed by atoms with Crippen molar-refractivity contribution in [1.29, 1.82) is 0 Å². The Kier molecular flexibility index (Phi) is 8.78. The van der Waals surface area contributed by atoms with Gasteiger partial charge in [-0.2, -0.15) is 0 Å². The van der Waals surface area contributed by atoms with Crippen molar-refractivity contribution in [2.24, 2.45) is 0 Å². The Balaban J connectivity index is 0.00000256. The Morgan fingerprint density at radius 2 is 1.90 bits per heavy atom. The smallest absolute Gasteiger partial charge is 0.128 e. The molecule has 2 saturated heterocycles. The molecule has 5 nitrogen and oxygen atoms in total. The van der Waals surface area contributed by atoms with E-state index in [1.807, 2.05) is 24.4 Å². The second-order valence-corrected chi connectivity index (χ2v) is 8.43. The van der Waals surface area contributed by atoms with E-state index in [-0.39, 0.29) is 18.5 Å². The van der Waals surface area contributed by atoms with Crippen LogP contribution in [0, 0.1) is 0 Å². The summed E-state index contributed by atoms with van der Waals surface area (Å²) in [5.74, 6) is 1.09. The van der Waals surface area contributed by atoms with Gasteiger partial charge in [0.2, 0.25) is 0 Å². The highest BCUT2D eigenvalue weighted by Gasteiger charge is 2.35. The molecule has 1 aromatic heterocycles. The van der Waals surface area contributed by atoms with Gasteiger partial charge in [0.15, 0.2) is 0 Å². The Hall–Kier alpha value is -1.37. The summed E-state index contributed by atoms with van der Waals surface area (Å²) < 4.78 is 11.5. The summed E-state index contributed by atoms with van der Waals surface area (Å²) in [5, 5.41) is 0.785. The van der Waals surface area contributed by atoms with Gasteiger partial charge < -0.3 is 14.4 Å². The lowest BCUT2D eigenvalue weighted by Crippen LogP contribution is -2.58. The topological polar surface area (TPSA) is 37.8 Å². The van der Waals surface area contributed by atoms with Crippen molar-refractivity contribution >= 4 is 29.8 Å². The number of halogens is 2. The van der Waals surface area contributed by atoms with Crippen molar-refractivity contribution in [2.75, 3.05) is 44.9 Å². The molecule has 3 heterocycles. The van der Waals surface area contributed by atoms with Crippen molar-refractivity contribution in [3.8, 4) is 0 Å². The fourth-order valence-electron chi connectivity index (χ4n) is 4.55. The molecule has 2 aliphatic heterocycles. The van der Waals surface area contributed by atoms with Crippen LogP contribution >= 0.6 is 24.0 Å². The van der Waals surface area contributed by atoms with Gasteiger partial charge in [0, 0.05) is 50.0 Å². The minimum Gasteiger partial charge on any atom is -0.382 e. The second kappa shape index (κ2) is 11.3. The number of methoxy groups -OCH3 is 1. The Morgan fingerprint density at radius 3 is 2.57 bits per heavy atom. The average Bonchev–Trinajstić information content (AvgIpc) is 2.77. The fraction of sp³-hybridized carbons (Fsp3) is 0.522. The number of hydrogen-bond donors (Lipinski definition) is 0. The molecule has 2 fully saturated rings. The van der Waals surface area contributed by atoms with Gasteiger partial charge >= 0.3 is 0 Å². The first-order valence-electron chi connectivity index (χ1n) is 10.5. The third-order valence-corrected chi connectivity index (χ3v) is 6.30. The van der Waals surface area contributed by atoms with Crippen LogP contribution in [-0.2, 0) is 15.9 Å². The predicted octanol–water partition coefficient (Wildman–Crippen LogP) is 4.08. The lowest BCUT2D eigenvalue weighted by atomic mass is 9.96. The maximum Gasteiger partial charge on any atom is 0.128 e. The van der Waals surface area contributed by atoms with Crippen LogP contribution in [0.3, 0.4) is 0 Å². The quantitative estimate of drug-likeness (QED) is 0.661. The Bertz CT molecular complexity index is 755. The number of piperidine rings is 1. The Morgan fingerprint density at radius 1 is 1.13 bits per heavy atom. The fourth-order valence-corrected chi connectivity index (χ4v) is 4.68. The molecule has 164 valence electrons. The molecule has 0 saturated carbocycles. The third kappa shape index (κ3) is 5.86. The standard InChI is InChI=1S/C23H30ClN3O2.ClH/c1-28-17-22-15-27(21(16-29-22)14-18-5-7-19(24)8-6-18)20-9-12-26(13-10-20)23-4-2-3-11-25-23;/h2-8,11,20-22H,9-10,12-17H2,1H3;1H/t21-,22+;/m0./s1. The van der Waals surface area contributed by atoms with E-state index in [2.05, 4.69) is 39.0 Å². The van der Waals surface area contributed by atoms with Crippen LogP contribution in [0.5, 0.6) is 0 Å². The summed E-state index contributed by atoms with van der Waals surface area (Å²) in [6.07, 6.45) is 5.30. The minimum atomic E-state index is 0. The molecule has 4 rings (SSSR count). The molecule has 2 aliphatic rings. The number of pyridine rings is 1.